The van der Waals surface area contributed by atoms with E-state index in [2.05, 4.69) is 20.3 Å². The number of amidine groups is 1. The topological polar surface area (TPSA) is 70.1 Å². The zero-order valence-electron chi connectivity index (χ0n) is 14.4. The van der Waals surface area contributed by atoms with Crippen molar-refractivity contribution in [2.75, 3.05) is 0 Å². The molecule has 0 aliphatic carbocycles. The van der Waals surface area contributed by atoms with Crippen molar-refractivity contribution >= 4 is 5.84 Å². The minimum absolute atomic E-state index is 0.251. The van der Waals surface area contributed by atoms with Gasteiger partial charge < -0.3 is 10.3 Å². The summed E-state index contributed by atoms with van der Waals surface area (Å²) in [5, 5.41) is 3.34. The highest BCUT2D eigenvalue weighted by Gasteiger charge is 2.45. The zero-order chi connectivity index (χ0) is 19.0. The average molecular weight is 366 g/mol. The largest absolute Gasteiger partial charge is 0.353 e. The molecule has 2 aromatic heterocycles. The van der Waals surface area contributed by atoms with E-state index in [4.69, 9.17) is 0 Å². The van der Waals surface area contributed by atoms with Crippen molar-refractivity contribution in [3.05, 3.63) is 99.7 Å². The van der Waals surface area contributed by atoms with Gasteiger partial charge >= 0.3 is 0 Å². The van der Waals surface area contributed by atoms with Gasteiger partial charge in [-0.05, 0) is 48.4 Å². The second-order valence-electron chi connectivity index (χ2n) is 6.39. The maximum Gasteiger partial charge on any atom is 0.248 e. The summed E-state index contributed by atoms with van der Waals surface area (Å²) in [6.07, 6.45) is 1.38. The molecule has 4 rings (SSSR count). The van der Waals surface area contributed by atoms with E-state index < -0.39 is 11.5 Å². The molecular formula is C20H16F2N4O. The smallest absolute Gasteiger partial charge is 0.248 e. The van der Waals surface area contributed by atoms with Crippen LogP contribution in [0, 0.1) is 11.8 Å². The van der Waals surface area contributed by atoms with Gasteiger partial charge in [-0.2, -0.15) is 4.39 Å². The average Bonchev–Trinajstić information content (AvgIpc) is 3.01. The molecule has 0 fully saturated rings. The van der Waals surface area contributed by atoms with Crippen molar-refractivity contribution in [2.45, 2.75) is 18.5 Å². The van der Waals surface area contributed by atoms with Crippen molar-refractivity contribution in [1.29, 1.82) is 0 Å². The van der Waals surface area contributed by atoms with E-state index in [1.807, 2.05) is 6.92 Å². The fraction of sp³-hybridized carbons (Fsp3) is 0.150. The van der Waals surface area contributed by atoms with Gasteiger partial charge in [-0.15, -0.1) is 0 Å². The summed E-state index contributed by atoms with van der Waals surface area (Å²) in [4.78, 5) is 22.7. The number of aromatic amines is 1. The molecule has 0 saturated heterocycles. The number of benzene rings is 1. The summed E-state index contributed by atoms with van der Waals surface area (Å²) in [5.41, 5.74) is 0.663. The zero-order valence-corrected chi connectivity index (χ0v) is 14.4. The molecule has 27 heavy (non-hydrogen) atoms. The quantitative estimate of drug-likeness (QED) is 0.701. The molecule has 0 amide bonds. The molecule has 3 heterocycles. The predicted molar refractivity (Wildman–Crippen MR) is 97.6 cm³/mol. The molecule has 1 aliphatic heterocycles. The second kappa shape index (κ2) is 6.42. The maximum absolute atomic E-state index is 13.9. The highest BCUT2D eigenvalue weighted by molar-refractivity contribution is 5.99. The van der Waals surface area contributed by atoms with E-state index in [0.717, 1.165) is 5.56 Å². The lowest BCUT2D eigenvalue weighted by molar-refractivity contribution is 0.429. The maximum atomic E-state index is 13.9. The molecule has 2 atom stereocenters. The van der Waals surface area contributed by atoms with Crippen molar-refractivity contribution in [3.63, 3.8) is 0 Å². The van der Waals surface area contributed by atoms with Crippen LogP contribution in [-0.2, 0) is 5.54 Å². The lowest BCUT2D eigenvalue weighted by atomic mass is 9.78. The number of halogens is 2. The van der Waals surface area contributed by atoms with Crippen molar-refractivity contribution in [2.24, 2.45) is 4.99 Å². The molecule has 0 unspecified atom stereocenters. The predicted octanol–water partition coefficient (Wildman–Crippen LogP) is 2.73. The Kier molecular flexibility index (Phi) is 4.07. The van der Waals surface area contributed by atoms with Gasteiger partial charge in [0.1, 0.15) is 17.2 Å². The van der Waals surface area contributed by atoms with Crippen LogP contribution in [0.25, 0.3) is 0 Å². The molecule has 5 nitrogen and oxygen atoms in total. The first kappa shape index (κ1) is 17.1. The van der Waals surface area contributed by atoms with Crippen LogP contribution < -0.4 is 10.9 Å². The summed E-state index contributed by atoms with van der Waals surface area (Å²) in [6, 6.07) is 13.4. The van der Waals surface area contributed by atoms with Gasteiger partial charge in [-0.25, -0.2) is 9.37 Å². The van der Waals surface area contributed by atoms with Crippen LogP contribution in [0.2, 0.25) is 0 Å². The Bertz CT molecular complexity index is 1080. The monoisotopic (exact) mass is 366 g/mol. The molecule has 1 aromatic carbocycles. The van der Waals surface area contributed by atoms with Gasteiger partial charge in [0, 0.05) is 12.3 Å². The number of hydrogen-bond donors (Lipinski definition) is 2. The highest BCUT2D eigenvalue weighted by atomic mass is 19.1. The minimum Gasteiger partial charge on any atom is -0.353 e. The van der Waals surface area contributed by atoms with Crippen LogP contribution in [-0.4, -0.2) is 21.8 Å². The molecule has 3 aromatic rings. The summed E-state index contributed by atoms with van der Waals surface area (Å²) < 4.78 is 27.4. The SMILES string of the molecule is C[C@H]1N=C(c2cccc(=O)[nH]2)N[C@@]1(c1ccc(F)cc1)c1ccnc(F)c1. The Morgan fingerprint density at radius 2 is 1.81 bits per heavy atom. The van der Waals surface area contributed by atoms with Gasteiger partial charge in [-0.3, -0.25) is 9.79 Å². The Morgan fingerprint density at radius 1 is 1.04 bits per heavy atom. The molecule has 0 radical (unpaired) electrons. The molecular weight excluding hydrogens is 350 g/mol. The number of nitrogens with zero attached hydrogens (tertiary/aromatic N) is 2. The van der Waals surface area contributed by atoms with Gasteiger partial charge in [-0.1, -0.05) is 18.2 Å². The lowest BCUT2D eigenvalue weighted by Gasteiger charge is -2.35. The first-order chi connectivity index (χ1) is 13.0. The summed E-state index contributed by atoms with van der Waals surface area (Å²) in [6.45, 7) is 1.88. The van der Waals surface area contributed by atoms with E-state index in [9.17, 15) is 13.6 Å². The third kappa shape index (κ3) is 2.91. The van der Waals surface area contributed by atoms with Gasteiger partial charge in [0.05, 0.1) is 11.7 Å². The van der Waals surface area contributed by atoms with Crippen LogP contribution in [0.5, 0.6) is 0 Å². The lowest BCUT2D eigenvalue weighted by Crippen LogP contribution is -2.48. The molecule has 0 saturated carbocycles. The third-order valence-corrected chi connectivity index (χ3v) is 4.77. The first-order valence-corrected chi connectivity index (χ1v) is 8.43. The van der Waals surface area contributed by atoms with E-state index in [1.165, 1.54) is 30.5 Å². The first-order valence-electron chi connectivity index (χ1n) is 8.43. The van der Waals surface area contributed by atoms with E-state index in [-0.39, 0.29) is 17.4 Å². The Morgan fingerprint density at radius 3 is 2.52 bits per heavy atom. The van der Waals surface area contributed by atoms with Crippen LogP contribution in [0.15, 0.2) is 70.6 Å². The molecule has 7 heteroatoms. The number of rotatable bonds is 3. The number of nitrogens with one attached hydrogen (secondary N) is 2. The minimum atomic E-state index is -0.931. The molecule has 2 N–H and O–H groups in total. The molecule has 0 bridgehead atoms. The Hall–Kier alpha value is -3.35. The molecule has 1 aliphatic rings. The van der Waals surface area contributed by atoms with Crippen LogP contribution >= 0.6 is 0 Å². The van der Waals surface area contributed by atoms with Crippen molar-refractivity contribution in [3.8, 4) is 0 Å². The number of H-pyrrole nitrogens is 1. The summed E-state index contributed by atoms with van der Waals surface area (Å²) >= 11 is 0. The van der Waals surface area contributed by atoms with Crippen molar-refractivity contribution in [1.82, 2.24) is 15.3 Å². The number of hydrogen-bond acceptors (Lipinski definition) is 4. The normalized spacial score (nSPS) is 21.6. The van der Waals surface area contributed by atoms with Gasteiger partial charge in [0.15, 0.2) is 0 Å². The van der Waals surface area contributed by atoms with Gasteiger partial charge in [0.25, 0.3) is 0 Å². The summed E-state index contributed by atoms with van der Waals surface area (Å²) in [5.74, 6) is -0.514. The fourth-order valence-electron chi connectivity index (χ4n) is 3.49. The highest BCUT2D eigenvalue weighted by Crippen LogP contribution is 2.38. The Labute approximate surface area is 153 Å². The number of aliphatic imine (C=N–C) groups is 1. The number of pyridine rings is 2. The van der Waals surface area contributed by atoms with Gasteiger partial charge in [0.2, 0.25) is 11.5 Å². The van der Waals surface area contributed by atoms with Crippen LogP contribution in [0.1, 0.15) is 23.7 Å². The summed E-state index contributed by atoms with van der Waals surface area (Å²) in [7, 11) is 0. The van der Waals surface area contributed by atoms with Crippen LogP contribution in [0.3, 0.4) is 0 Å². The Balaban J connectivity index is 1.87. The standard InChI is InChI=1S/C20H16F2N4O/c1-12-20(13-5-7-15(21)8-6-13,14-9-10-23-17(22)11-14)26-19(24-12)16-3-2-4-18(27)25-16/h2-12H,1H3,(H,24,26)(H,25,27)/t12-,20+/m1/s1. The van der Waals surface area contributed by atoms with E-state index in [0.29, 0.717) is 17.1 Å². The second-order valence-corrected chi connectivity index (χ2v) is 6.39. The van der Waals surface area contributed by atoms with E-state index in [1.54, 1.807) is 30.3 Å². The van der Waals surface area contributed by atoms with Crippen LogP contribution in [0.4, 0.5) is 8.78 Å². The van der Waals surface area contributed by atoms with Crippen molar-refractivity contribution < 1.29 is 8.78 Å². The third-order valence-electron chi connectivity index (χ3n) is 4.77. The fourth-order valence-corrected chi connectivity index (χ4v) is 3.49. The molecule has 0 spiro atoms. The molecule has 136 valence electrons. The number of aromatic nitrogens is 2. The van der Waals surface area contributed by atoms with E-state index >= 15 is 0 Å².